The molecule has 5 fully saturated rings. The van der Waals surface area contributed by atoms with Crippen LogP contribution in [0.1, 0.15) is 151 Å². The van der Waals surface area contributed by atoms with Crippen LogP contribution in [0.5, 0.6) is 5.75 Å². The number of esters is 4. The number of benzene rings is 1. The lowest BCUT2D eigenvalue weighted by molar-refractivity contribution is -0.870. The minimum Gasteiger partial charge on any atom is -1.00 e. The summed E-state index contributed by atoms with van der Waals surface area (Å²) in [6, 6.07) is 7.43. The molecule has 0 aliphatic heterocycles. The van der Waals surface area contributed by atoms with Gasteiger partial charge < -0.3 is 40.6 Å². The second kappa shape index (κ2) is 22.8. The van der Waals surface area contributed by atoms with Crippen molar-refractivity contribution in [2.75, 3.05) is 41.4 Å². The molecule has 6 rings (SSSR count). The van der Waals surface area contributed by atoms with Crippen LogP contribution in [-0.2, 0) is 38.1 Å². The van der Waals surface area contributed by atoms with Crippen LogP contribution in [0.25, 0.3) is 6.08 Å². The molecule has 0 heterocycles. The van der Waals surface area contributed by atoms with Crippen LogP contribution < -0.4 is 17.1 Å². The van der Waals surface area contributed by atoms with Crippen LogP contribution in [0.3, 0.4) is 0 Å². The van der Waals surface area contributed by atoms with Gasteiger partial charge in [0.1, 0.15) is 36.7 Å². The summed E-state index contributed by atoms with van der Waals surface area (Å²) in [4.78, 5) is 48.1. The molecule has 0 unspecified atom stereocenters. The first-order chi connectivity index (χ1) is 27.4. The normalized spacial score (nSPS) is 24.7. The zero-order valence-electron chi connectivity index (χ0n) is 39.5. The predicted octanol–water partition coefficient (Wildman–Crippen LogP) is 7.15. The van der Waals surface area contributed by atoms with Gasteiger partial charge in [0.25, 0.3) is 0 Å². The lowest BCUT2D eigenvalue weighted by Gasteiger charge is -2.56. The quantitative estimate of drug-likeness (QED) is 0.0786. The second-order valence-electron chi connectivity index (χ2n) is 20.7. The highest BCUT2D eigenvalue weighted by atomic mass is 35.5. The van der Waals surface area contributed by atoms with Crippen LogP contribution in [0.4, 0.5) is 0 Å². The van der Waals surface area contributed by atoms with E-state index in [2.05, 4.69) is 28.1 Å². The summed E-state index contributed by atoms with van der Waals surface area (Å²) in [5.74, 6) is 2.75. The fourth-order valence-corrected chi connectivity index (χ4v) is 8.19. The van der Waals surface area contributed by atoms with Gasteiger partial charge in [0.05, 0.1) is 44.5 Å². The topological polar surface area (TPSA) is 114 Å². The van der Waals surface area contributed by atoms with Crippen LogP contribution in [-0.4, -0.2) is 87.6 Å². The number of nitrogens with zero attached hydrogens (tertiary/aromatic N) is 1. The highest BCUT2D eigenvalue weighted by molar-refractivity contribution is 5.87. The summed E-state index contributed by atoms with van der Waals surface area (Å²) >= 11 is 0. The third-order valence-corrected chi connectivity index (χ3v) is 13.3. The van der Waals surface area contributed by atoms with Crippen molar-refractivity contribution in [3.05, 3.63) is 35.9 Å². The molecule has 5 saturated carbocycles. The SMILES string of the molecule is CCC(C)(C)C(=O)OC12CC3CC(CC(C3)C1)C2.CCC(C)(C)C(=O)OC1CCC(OC(=O)/C=C/c2ccc(OC)cc2)CC1.CCC(C)(C)C(=O)OCC[N+](C)(C)C.[Cl-]. The molecule has 0 radical (unpaired) electrons. The predicted molar refractivity (Wildman–Crippen MR) is 233 cm³/mol. The van der Waals surface area contributed by atoms with E-state index in [0.717, 1.165) is 91.5 Å². The highest BCUT2D eigenvalue weighted by Crippen LogP contribution is 2.57. The largest absolute Gasteiger partial charge is 1.00 e. The standard InChI is InChI=1S/C22H30O5.C16H26O2.C11H24NO2.ClH/c1-5-22(2,3)21(24)27-19-13-11-18(12-14-19)26-20(23)15-8-16-6-9-17(25-4)10-7-16;1-4-15(2,3)14(17)18-16-8-11-5-12(9-16)7-13(6-11)10-16;1-7-11(2,3)10(13)14-9-8-12(4,5)6;/h6-10,15,18-19H,5,11-14H2,1-4H3;11-13H,4-10H2,1-3H3;7-9H2,1-6H3;1H/q;;+1;/p-1/b15-8+;;;. The number of halogens is 1. The maximum atomic E-state index is 12.4. The minimum atomic E-state index is -0.449. The minimum absolute atomic E-state index is 0. The van der Waals surface area contributed by atoms with E-state index in [1.54, 1.807) is 13.2 Å². The molecule has 11 heteroatoms. The molecule has 0 saturated heterocycles. The summed E-state index contributed by atoms with van der Waals surface area (Å²) in [7, 11) is 7.86. The molecule has 10 nitrogen and oxygen atoms in total. The summed E-state index contributed by atoms with van der Waals surface area (Å²) in [5, 5.41) is 0. The van der Waals surface area contributed by atoms with Crippen molar-refractivity contribution in [3.63, 3.8) is 0 Å². The number of quaternary nitrogens is 1. The van der Waals surface area contributed by atoms with E-state index in [9.17, 15) is 19.2 Å². The number of ether oxygens (including phenoxy) is 5. The van der Waals surface area contributed by atoms with Crippen molar-refractivity contribution < 1.29 is 59.8 Å². The zero-order valence-corrected chi connectivity index (χ0v) is 40.2. The van der Waals surface area contributed by atoms with Gasteiger partial charge in [0.15, 0.2) is 0 Å². The number of hydrogen-bond donors (Lipinski definition) is 0. The first kappa shape index (κ1) is 53.0. The summed E-state index contributed by atoms with van der Waals surface area (Å²) in [6.07, 6.45) is 15.9. The number of carbonyl (C=O) groups excluding carboxylic acids is 4. The molecular weight excluding hydrogens is 782 g/mol. The lowest BCUT2D eigenvalue weighted by Crippen LogP contribution is -3.00. The van der Waals surface area contributed by atoms with E-state index in [0.29, 0.717) is 19.4 Å². The van der Waals surface area contributed by atoms with Crippen LogP contribution in [0.15, 0.2) is 30.3 Å². The van der Waals surface area contributed by atoms with Crippen LogP contribution in [0, 0.1) is 34.0 Å². The maximum absolute atomic E-state index is 12.4. The first-order valence-electron chi connectivity index (χ1n) is 22.4. The Morgan fingerprint density at radius 2 is 1.12 bits per heavy atom. The Morgan fingerprint density at radius 3 is 1.55 bits per heavy atom. The Kier molecular flexibility index (Phi) is 20.2. The molecule has 1 aromatic rings. The average Bonchev–Trinajstić information content (AvgIpc) is 3.17. The highest BCUT2D eigenvalue weighted by Gasteiger charge is 2.54. The molecule has 1 aromatic carbocycles. The summed E-state index contributed by atoms with van der Waals surface area (Å²) < 4.78 is 28.3. The third kappa shape index (κ3) is 16.6. The Morgan fingerprint density at radius 1 is 0.683 bits per heavy atom. The van der Waals surface area contributed by atoms with Crippen LogP contribution in [0.2, 0.25) is 0 Å². The Balaban J connectivity index is 0.000000327. The number of methoxy groups -OCH3 is 1. The Hall–Kier alpha value is -3.11. The van der Waals surface area contributed by atoms with Gasteiger partial charge in [-0.1, -0.05) is 32.9 Å². The molecule has 0 amide bonds. The monoisotopic (exact) mass is 862 g/mol. The van der Waals surface area contributed by atoms with Gasteiger partial charge in [0, 0.05) is 6.08 Å². The molecule has 5 aliphatic carbocycles. The molecule has 0 N–H and O–H groups in total. The van der Waals surface area contributed by atoms with Crippen molar-refractivity contribution in [1.29, 1.82) is 0 Å². The third-order valence-electron chi connectivity index (χ3n) is 13.3. The van der Waals surface area contributed by atoms with Gasteiger partial charge in [-0.05, 0) is 167 Å². The molecule has 0 aromatic heterocycles. The average molecular weight is 863 g/mol. The summed E-state index contributed by atoms with van der Waals surface area (Å²) in [5.41, 5.74) is -0.274. The Bertz CT molecular complexity index is 1520. The van der Waals surface area contributed by atoms with Crippen molar-refractivity contribution in [2.45, 2.75) is 164 Å². The lowest BCUT2D eigenvalue weighted by atomic mass is 9.54. The van der Waals surface area contributed by atoms with Gasteiger partial charge >= 0.3 is 23.9 Å². The molecule has 5 aliphatic rings. The van der Waals surface area contributed by atoms with E-state index in [1.807, 2.05) is 79.7 Å². The molecular formula is C49H80ClNO9. The van der Waals surface area contributed by atoms with Gasteiger partial charge in [-0.25, -0.2) is 4.79 Å². The van der Waals surface area contributed by atoms with Gasteiger partial charge in [-0.15, -0.1) is 0 Å². The van der Waals surface area contributed by atoms with Gasteiger partial charge in [-0.2, -0.15) is 0 Å². The molecule has 0 atom stereocenters. The number of rotatable bonds is 15. The van der Waals surface area contributed by atoms with Crippen molar-refractivity contribution in [3.8, 4) is 5.75 Å². The molecule has 0 spiro atoms. The van der Waals surface area contributed by atoms with Crippen molar-refractivity contribution in [1.82, 2.24) is 0 Å². The maximum Gasteiger partial charge on any atom is 0.331 e. The molecule has 342 valence electrons. The number of hydrogen-bond acceptors (Lipinski definition) is 9. The van der Waals surface area contributed by atoms with Gasteiger partial charge in [-0.3, -0.25) is 14.4 Å². The fraction of sp³-hybridized carbons (Fsp3) is 0.755. The van der Waals surface area contributed by atoms with E-state index < -0.39 is 5.41 Å². The van der Waals surface area contributed by atoms with E-state index in [-0.39, 0.29) is 64.9 Å². The zero-order chi connectivity index (χ0) is 44.2. The second-order valence-corrected chi connectivity index (χ2v) is 20.7. The van der Waals surface area contributed by atoms with Crippen molar-refractivity contribution >= 4 is 30.0 Å². The van der Waals surface area contributed by atoms with E-state index in [4.69, 9.17) is 23.7 Å². The molecule has 4 bridgehead atoms. The van der Waals surface area contributed by atoms with E-state index >= 15 is 0 Å². The molecule has 60 heavy (non-hydrogen) atoms. The van der Waals surface area contributed by atoms with E-state index in [1.165, 1.54) is 25.3 Å². The number of carbonyl (C=O) groups is 4. The summed E-state index contributed by atoms with van der Waals surface area (Å²) in [6.45, 7) is 19.1. The Labute approximate surface area is 369 Å². The van der Waals surface area contributed by atoms with Crippen LogP contribution >= 0.6 is 0 Å². The van der Waals surface area contributed by atoms with Gasteiger partial charge in [0.2, 0.25) is 0 Å². The number of likely N-dealkylation sites (N-methyl/N-ethyl adjacent to an activating group) is 1. The smallest absolute Gasteiger partial charge is 0.331 e. The fourth-order valence-electron chi connectivity index (χ4n) is 8.19. The van der Waals surface area contributed by atoms with Crippen molar-refractivity contribution in [2.24, 2.45) is 34.0 Å². The first-order valence-corrected chi connectivity index (χ1v) is 22.4.